The molecule has 0 saturated carbocycles. The van der Waals surface area contributed by atoms with E-state index in [4.69, 9.17) is 0 Å². The SMILES string of the molecule is CC(Nc1ncnc2scnc12)c1cc2cccc(-c3ccc(N(C)C)nc3)c2c(=O)n1-c1ccccc1. The average molecular weight is 520 g/mol. The summed E-state index contributed by atoms with van der Waals surface area (Å²) in [6, 6.07) is 21.5. The van der Waals surface area contributed by atoms with Crippen LogP contribution in [-0.2, 0) is 0 Å². The fourth-order valence-electron chi connectivity index (χ4n) is 4.67. The van der Waals surface area contributed by atoms with Crippen LogP contribution in [0.1, 0.15) is 18.7 Å². The van der Waals surface area contributed by atoms with Gasteiger partial charge in [0.15, 0.2) is 5.82 Å². The van der Waals surface area contributed by atoms with Gasteiger partial charge in [0.05, 0.1) is 16.9 Å². The molecule has 0 spiro atoms. The number of pyridine rings is 2. The van der Waals surface area contributed by atoms with Crippen molar-refractivity contribution in [2.45, 2.75) is 13.0 Å². The largest absolute Gasteiger partial charge is 0.363 e. The molecular formula is C29H25N7OS. The fourth-order valence-corrected chi connectivity index (χ4v) is 5.30. The summed E-state index contributed by atoms with van der Waals surface area (Å²) in [6.07, 6.45) is 3.35. The summed E-state index contributed by atoms with van der Waals surface area (Å²) in [6.45, 7) is 2.02. The zero-order chi connectivity index (χ0) is 26.2. The van der Waals surface area contributed by atoms with Gasteiger partial charge in [-0.25, -0.2) is 19.9 Å². The third-order valence-electron chi connectivity index (χ3n) is 6.54. The summed E-state index contributed by atoms with van der Waals surface area (Å²) in [5, 5.41) is 4.98. The molecule has 4 aromatic heterocycles. The van der Waals surface area contributed by atoms with E-state index in [1.807, 2.05) is 92.8 Å². The Morgan fingerprint density at radius 2 is 1.79 bits per heavy atom. The number of para-hydroxylation sites is 1. The van der Waals surface area contributed by atoms with E-state index in [0.29, 0.717) is 11.2 Å². The Kier molecular flexibility index (Phi) is 6.05. The van der Waals surface area contributed by atoms with Gasteiger partial charge in [-0.05, 0) is 48.2 Å². The Morgan fingerprint density at radius 3 is 2.55 bits per heavy atom. The summed E-state index contributed by atoms with van der Waals surface area (Å²) in [5.41, 5.74) is 5.73. The van der Waals surface area contributed by atoms with Crippen LogP contribution in [0.5, 0.6) is 0 Å². The minimum absolute atomic E-state index is 0.0915. The Labute approximate surface area is 223 Å². The number of thiazole rings is 1. The predicted octanol–water partition coefficient (Wildman–Crippen LogP) is 5.69. The first-order chi connectivity index (χ1) is 18.5. The van der Waals surface area contributed by atoms with Crippen LogP contribution in [0.4, 0.5) is 11.6 Å². The molecule has 1 N–H and O–H groups in total. The normalized spacial score (nSPS) is 12.1. The van der Waals surface area contributed by atoms with Crippen LogP contribution in [0.2, 0.25) is 0 Å². The van der Waals surface area contributed by atoms with E-state index in [1.54, 1.807) is 10.1 Å². The minimum Gasteiger partial charge on any atom is -0.363 e. The van der Waals surface area contributed by atoms with Gasteiger partial charge in [0, 0.05) is 37.2 Å². The van der Waals surface area contributed by atoms with Crippen molar-refractivity contribution in [1.29, 1.82) is 0 Å². The van der Waals surface area contributed by atoms with Crippen molar-refractivity contribution in [1.82, 2.24) is 24.5 Å². The molecular weight excluding hydrogens is 494 g/mol. The van der Waals surface area contributed by atoms with E-state index in [1.165, 1.54) is 17.7 Å². The van der Waals surface area contributed by atoms with Crippen molar-refractivity contribution in [2.75, 3.05) is 24.3 Å². The van der Waals surface area contributed by atoms with E-state index in [0.717, 1.165) is 44.1 Å². The molecule has 0 bridgehead atoms. The maximum absolute atomic E-state index is 14.3. The summed E-state index contributed by atoms with van der Waals surface area (Å²) < 4.78 is 1.78. The number of benzene rings is 2. The lowest BCUT2D eigenvalue weighted by Gasteiger charge is -2.22. The molecule has 6 rings (SSSR count). The molecule has 0 aliphatic rings. The zero-order valence-corrected chi connectivity index (χ0v) is 22.0. The van der Waals surface area contributed by atoms with Gasteiger partial charge in [0.1, 0.15) is 22.5 Å². The second kappa shape index (κ2) is 9.68. The highest BCUT2D eigenvalue weighted by Gasteiger charge is 2.20. The number of hydrogen-bond donors (Lipinski definition) is 1. The van der Waals surface area contributed by atoms with E-state index >= 15 is 0 Å². The molecule has 0 aliphatic carbocycles. The van der Waals surface area contributed by atoms with Gasteiger partial charge in [-0.3, -0.25) is 9.36 Å². The van der Waals surface area contributed by atoms with Gasteiger partial charge in [-0.2, -0.15) is 0 Å². The van der Waals surface area contributed by atoms with Crippen LogP contribution in [0, 0.1) is 0 Å². The number of rotatable bonds is 6. The van der Waals surface area contributed by atoms with Crippen LogP contribution in [-0.4, -0.2) is 38.6 Å². The number of aromatic nitrogens is 5. The monoisotopic (exact) mass is 519 g/mol. The number of nitrogens with one attached hydrogen (secondary N) is 1. The Morgan fingerprint density at radius 1 is 0.947 bits per heavy atom. The molecule has 188 valence electrons. The maximum Gasteiger partial charge on any atom is 0.263 e. The van der Waals surface area contributed by atoms with E-state index in [-0.39, 0.29) is 11.6 Å². The predicted molar refractivity (Wildman–Crippen MR) is 154 cm³/mol. The molecule has 4 heterocycles. The molecule has 0 amide bonds. The molecule has 8 nitrogen and oxygen atoms in total. The third-order valence-corrected chi connectivity index (χ3v) is 7.27. The van der Waals surface area contributed by atoms with Crippen LogP contribution in [0.25, 0.3) is 37.9 Å². The van der Waals surface area contributed by atoms with Crippen LogP contribution in [0.3, 0.4) is 0 Å². The van der Waals surface area contributed by atoms with Gasteiger partial charge in [0.25, 0.3) is 5.56 Å². The molecule has 0 fully saturated rings. The van der Waals surface area contributed by atoms with Gasteiger partial charge < -0.3 is 10.2 Å². The first-order valence-corrected chi connectivity index (χ1v) is 13.1. The summed E-state index contributed by atoms with van der Waals surface area (Å²) in [5.74, 6) is 1.49. The van der Waals surface area contributed by atoms with Crippen LogP contribution >= 0.6 is 11.3 Å². The molecule has 1 atom stereocenters. The van der Waals surface area contributed by atoms with Crippen molar-refractivity contribution in [2.24, 2.45) is 0 Å². The molecule has 1 unspecified atom stereocenters. The standard InChI is InChI=1S/C29H25N7OS/c1-18(34-27-26-28(32-16-31-27)38-17-33-26)23-14-19-8-7-11-22(20-12-13-24(30-15-20)35(2)3)25(19)29(37)36(23)21-9-5-4-6-10-21/h4-18H,1-3H3,(H,31,32,34). The summed E-state index contributed by atoms with van der Waals surface area (Å²) >= 11 is 1.47. The highest BCUT2D eigenvalue weighted by molar-refractivity contribution is 7.16. The molecule has 38 heavy (non-hydrogen) atoms. The quantitative estimate of drug-likeness (QED) is 0.302. The smallest absolute Gasteiger partial charge is 0.263 e. The topological polar surface area (TPSA) is 88.8 Å². The van der Waals surface area contributed by atoms with Crippen LogP contribution in [0.15, 0.2) is 89.6 Å². The third kappa shape index (κ3) is 4.16. The molecule has 0 aliphatic heterocycles. The van der Waals surface area contributed by atoms with Crippen molar-refractivity contribution >= 4 is 44.1 Å². The second-order valence-corrected chi connectivity index (χ2v) is 10.0. The average Bonchev–Trinajstić information content (AvgIpc) is 3.43. The van der Waals surface area contributed by atoms with Crippen molar-refractivity contribution in [3.63, 3.8) is 0 Å². The maximum atomic E-state index is 14.3. The summed E-state index contributed by atoms with van der Waals surface area (Å²) in [7, 11) is 3.91. The van der Waals surface area contributed by atoms with E-state index < -0.39 is 0 Å². The van der Waals surface area contributed by atoms with Crippen molar-refractivity contribution < 1.29 is 0 Å². The Hall–Kier alpha value is -4.63. The van der Waals surface area contributed by atoms with Gasteiger partial charge >= 0.3 is 0 Å². The lowest BCUT2D eigenvalue weighted by molar-refractivity contribution is 0.774. The molecule has 0 radical (unpaired) electrons. The van der Waals surface area contributed by atoms with E-state index in [2.05, 4.69) is 31.3 Å². The van der Waals surface area contributed by atoms with Crippen molar-refractivity contribution in [3.8, 4) is 16.8 Å². The fraction of sp³-hybridized carbons (Fsp3) is 0.138. The van der Waals surface area contributed by atoms with Gasteiger partial charge in [-0.15, -0.1) is 11.3 Å². The highest BCUT2D eigenvalue weighted by Crippen LogP contribution is 2.31. The zero-order valence-electron chi connectivity index (χ0n) is 21.2. The first kappa shape index (κ1) is 23.7. The Bertz CT molecular complexity index is 1810. The molecule has 6 aromatic rings. The van der Waals surface area contributed by atoms with E-state index in [9.17, 15) is 4.79 Å². The van der Waals surface area contributed by atoms with Crippen molar-refractivity contribution in [3.05, 3.63) is 101 Å². The van der Waals surface area contributed by atoms with Gasteiger partial charge in [0.2, 0.25) is 0 Å². The molecule has 0 saturated heterocycles. The number of fused-ring (bicyclic) bond motifs is 2. The van der Waals surface area contributed by atoms with Gasteiger partial charge in [-0.1, -0.05) is 36.4 Å². The minimum atomic E-state index is -0.253. The summed E-state index contributed by atoms with van der Waals surface area (Å²) in [4.78, 5) is 34.8. The number of nitrogens with zero attached hydrogens (tertiary/aromatic N) is 6. The molecule has 9 heteroatoms. The van der Waals surface area contributed by atoms with Crippen LogP contribution < -0.4 is 15.8 Å². The highest BCUT2D eigenvalue weighted by atomic mass is 32.1. The molecule has 2 aromatic carbocycles. The first-order valence-electron chi connectivity index (χ1n) is 12.2. The number of hydrogen-bond acceptors (Lipinski definition) is 8. The Balaban J connectivity index is 1.54. The lowest BCUT2D eigenvalue weighted by Crippen LogP contribution is -2.26. The second-order valence-electron chi connectivity index (χ2n) is 9.21. The lowest BCUT2D eigenvalue weighted by atomic mass is 9.98. The number of anilines is 2.